The molecule has 0 aromatic carbocycles. The average Bonchev–Trinajstić information content (AvgIpc) is 2.94. The number of carboxylic acid groups (broad SMARTS) is 1. The number of anilines is 1. The van der Waals surface area contributed by atoms with Crippen LogP contribution in [0.5, 0.6) is 0 Å². The quantitative estimate of drug-likeness (QED) is 0.913. The molecule has 1 N–H and O–H groups in total. The van der Waals surface area contributed by atoms with E-state index in [1.54, 1.807) is 18.4 Å². The molecule has 0 aliphatic heterocycles. The highest BCUT2D eigenvalue weighted by atomic mass is 32.2. The molecule has 0 aliphatic carbocycles. The third-order valence-corrected chi connectivity index (χ3v) is 5.79. The highest BCUT2D eigenvalue weighted by Gasteiger charge is 2.25. The first-order valence-electron chi connectivity index (χ1n) is 5.73. The van der Waals surface area contributed by atoms with Gasteiger partial charge in [0.15, 0.2) is 5.69 Å². The van der Waals surface area contributed by atoms with E-state index in [0.717, 1.165) is 15.6 Å². The Hall–Kier alpha value is -1.93. The third kappa shape index (κ3) is 2.66. The van der Waals surface area contributed by atoms with Crippen molar-refractivity contribution in [2.45, 2.75) is 11.1 Å². The van der Waals surface area contributed by atoms with Gasteiger partial charge in [-0.3, -0.25) is 0 Å². The number of hydrogen-bond acceptors (Lipinski definition) is 5. The molecule has 2 aromatic heterocycles. The minimum absolute atomic E-state index is 0.0980. The molecule has 0 unspecified atom stereocenters. The number of rotatable bonds is 5. The molecule has 0 bridgehead atoms. The van der Waals surface area contributed by atoms with Crippen LogP contribution in [-0.4, -0.2) is 31.0 Å². The molecular weight excluding hydrogens is 300 g/mol. The van der Waals surface area contributed by atoms with E-state index in [9.17, 15) is 13.2 Å². The van der Waals surface area contributed by atoms with Gasteiger partial charge in [-0.15, -0.1) is 11.3 Å². The largest absolute Gasteiger partial charge is 0.477 e. The van der Waals surface area contributed by atoms with Crippen molar-refractivity contribution < 1.29 is 18.3 Å². The average molecular weight is 312 g/mol. The van der Waals surface area contributed by atoms with Crippen LogP contribution in [0.4, 0.5) is 5.82 Å². The summed E-state index contributed by atoms with van der Waals surface area (Å²) in [7, 11) is -3.71. The van der Waals surface area contributed by atoms with Crippen molar-refractivity contribution >= 4 is 33.1 Å². The van der Waals surface area contributed by atoms with Crippen LogP contribution in [0, 0.1) is 0 Å². The molecule has 106 valence electrons. The van der Waals surface area contributed by atoms with Crippen LogP contribution < -0.4 is 4.31 Å². The van der Waals surface area contributed by atoms with Gasteiger partial charge in [-0.25, -0.2) is 22.5 Å². The van der Waals surface area contributed by atoms with Crippen molar-refractivity contribution in [3.63, 3.8) is 0 Å². The maximum Gasteiger partial charge on any atom is 0.354 e. The van der Waals surface area contributed by atoms with Gasteiger partial charge in [-0.2, -0.15) is 0 Å². The summed E-state index contributed by atoms with van der Waals surface area (Å²) in [5.74, 6) is -1.10. The molecule has 0 amide bonds. The lowest BCUT2D eigenvalue weighted by Crippen LogP contribution is -2.31. The summed E-state index contributed by atoms with van der Waals surface area (Å²) in [6.45, 7) is 1.83. The minimum atomic E-state index is -3.71. The maximum absolute atomic E-state index is 12.5. The Morgan fingerprint density at radius 3 is 2.65 bits per heavy atom. The van der Waals surface area contributed by atoms with Gasteiger partial charge in [-0.05, 0) is 30.5 Å². The van der Waals surface area contributed by atoms with Gasteiger partial charge < -0.3 is 5.11 Å². The summed E-state index contributed by atoms with van der Waals surface area (Å²) in [6.07, 6.45) is 0. The Morgan fingerprint density at radius 1 is 1.35 bits per heavy atom. The lowest BCUT2D eigenvalue weighted by Gasteiger charge is -2.20. The predicted octanol–water partition coefficient (Wildman–Crippen LogP) is 2.06. The number of carboxylic acids is 1. The van der Waals surface area contributed by atoms with Crippen LogP contribution in [0.3, 0.4) is 0 Å². The van der Waals surface area contributed by atoms with Gasteiger partial charge in [0.25, 0.3) is 10.0 Å². The molecule has 0 saturated heterocycles. The predicted molar refractivity (Wildman–Crippen MR) is 75.7 cm³/mol. The molecule has 2 rings (SSSR count). The zero-order valence-electron chi connectivity index (χ0n) is 10.6. The molecule has 2 heterocycles. The zero-order chi connectivity index (χ0) is 14.8. The molecule has 8 heteroatoms. The van der Waals surface area contributed by atoms with E-state index in [4.69, 9.17) is 5.11 Å². The normalized spacial score (nSPS) is 11.2. The van der Waals surface area contributed by atoms with E-state index in [0.29, 0.717) is 0 Å². The molecule has 0 fully saturated rings. The molecule has 0 aliphatic rings. The van der Waals surface area contributed by atoms with Crippen molar-refractivity contribution in [3.05, 3.63) is 41.4 Å². The van der Waals surface area contributed by atoms with Crippen molar-refractivity contribution in [1.29, 1.82) is 0 Å². The SMILES string of the molecule is CCN(c1cccc(C(=O)O)n1)S(=O)(=O)c1cccs1. The van der Waals surface area contributed by atoms with Gasteiger partial charge in [0, 0.05) is 6.54 Å². The lowest BCUT2D eigenvalue weighted by molar-refractivity contribution is 0.0690. The lowest BCUT2D eigenvalue weighted by atomic mass is 10.3. The van der Waals surface area contributed by atoms with Crippen molar-refractivity contribution in [1.82, 2.24) is 4.98 Å². The second kappa shape index (κ2) is 5.59. The number of aromatic carboxylic acids is 1. The topological polar surface area (TPSA) is 87.6 Å². The fourth-order valence-corrected chi connectivity index (χ4v) is 4.18. The fourth-order valence-electron chi connectivity index (χ4n) is 1.66. The first-order valence-corrected chi connectivity index (χ1v) is 8.05. The molecule has 0 atom stereocenters. The molecular formula is C12H12N2O4S2. The van der Waals surface area contributed by atoms with E-state index in [1.165, 1.54) is 24.3 Å². The summed E-state index contributed by atoms with van der Waals surface area (Å²) in [6, 6.07) is 7.41. The first-order chi connectivity index (χ1) is 9.46. The summed E-state index contributed by atoms with van der Waals surface area (Å²) in [5.41, 5.74) is -0.192. The van der Waals surface area contributed by atoms with Crippen LogP contribution in [-0.2, 0) is 10.0 Å². The van der Waals surface area contributed by atoms with E-state index in [2.05, 4.69) is 4.98 Å². The van der Waals surface area contributed by atoms with Crippen molar-refractivity contribution in [2.75, 3.05) is 10.8 Å². The van der Waals surface area contributed by atoms with Gasteiger partial charge in [0.05, 0.1) is 0 Å². The Balaban J connectivity index is 2.48. The van der Waals surface area contributed by atoms with Gasteiger partial charge in [0.1, 0.15) is 10.0 Å². The molecule has 0 spiro atoms. The van der Waals surface area contributed by atoms with E-state index in [1.807, 2.05) is 0 Å². The van der Waals surface area contributed by atoms with Crippen LogP contribution in [0.1, 0.15) is 17.4 Å². The monoisotopic (exact) mass is 312 g/mol. The number of hydrogen-bond donors (Lipinski definition) is 1. The van der Waals surface area contributed by atoms with E-state index < -0.39 is 16.0 Å². The smallest absolute Gasteiger partial charge is 0.354 e. The van der Waals surface area contributed by atoms with Crippen LogP contribution in [0.25, 0.3) is 0 Å². The fraction of sp³-hybridized carbons (Fsp3) is 0.167. The zero-order valence-corrected chi connectivity index (χ0v) is 12.2. The standard InChI is InChI=1S/C12H12N2O4S2/c1-2-14(20(17,18)11-7-4-8-19-11)10-6-3-5-9(13-10)12(15)16/h3-8H,2H2,1H3,(H,15,16). The highest BCUT2D eigenvalue weighted by Crippen LogP contribution is 2.25. The number of carbonyl (C=O) groups is 1. The Labute approximate surface area is 120 Å². The molecule has 20 heavy (non-hydrogen) atoms. The third-order valence-electron chi connectivity index (χ3n) is 2.54. The van der Waals surface area contributed by atoms with E-state index >= 15 is 0 Å². The summed E-state index contributed by atoms with van der Waals surface area (Å²) >= 11 is 1.11. The van der Waals surface area contributed by atoms with Gasteiger partial charge >= 0.3 is 5.97 Å². The molecule has 6 nitrogen and oxygen atoms in total. The van der Waals surface area contributed by atoms with Gasteiger partial charge in [0.2, 0.25) is 0 Å². The van der Waals surface area contributed by atoms with Crippen molar-refractivity contribution in [2.24, 2.45) is 0 Å². The summed E-state index contributed by atoms with van der Waals surface area (Å²) < 4.78 is 26.2. The van der Waals surface area contributed by atoms with Crippen LogP contribution in [0.15, 0.2) is 39.9 Å². The second-order valence-electron chi connectivity index (χ2n) is 3.79. The van der Waals surface area contributed by atoms with Crippen molar-refractivity contribution in [3.8, 4) is 0 Å². The van der Waals surface area contributed by atoms with Gasteiger partial charge in [-0.1, -0.05) is 12.1 Å². The van der Waals surface area contributed by atoms with Crippen LogP contribution >= 0.6 is 11.3 Å². The summed E-state index contributed by atoms with van der Waals surface area (Å²) in [4.78, 5) is 14.8. The summed E-state index contributed by atoms with van der Waals surface area (Å²) in [5, 5.41) is 10.6. The first kappa shape index (κ1) is 14.5. The molecule has 0 radical (unpaired) electrons. The number of aromatic nitrogens is 1. The maximum atomic E-state index is 12.5. The number of pyridine rings is 1. The minimum Gasteiger partial charge on any atom is -0.477 e. The number of sulfonamides is 1. The molecule has 2 aromatic rings. The highest BCUT2D eigenvalue weighted by molar-refractivity contribution is 7.94. The van der Waals surface area contributed by atoms with Crippen LogP contribution in [0.2, 0.25) is 0 Å². The Bertz CT molecular complexity index is 711. The number of nitrogens with zero attached hydrogens (tertiary/aromatic N) is 2. The molecule has 0 saturated carbocycles. The Morgan fingerprint density at radius 2 is 2.10 bits per heavy atom. The number of thiophene rings is 1. The second-order valence-corrected chi connectivity index (χ2v) is 6.82. The van der Waals surface area contributed by atoms with E-state index in [-0.39, 0.29) is 22.3 Å². The Kier molecular flexibility index (Phi) is 4.05.